The summed E-state index contributed by atoms with van der Waals surface area (Å²) in [5.74, 6) is 0.969. The molecule has 0 saturated carbocycles. The normalized spacial score (nSPS) is 17.3. The number of carbonyl (C=O) groups is 1. The maximum absolute atomic E-state index is 11.8. The molecule has 3 rings (SSSR count). The number of benzene rings is 1. The molecule has 1 aromatic carbocycles. The molecular formula is C16H18ClN3O3. The van der Waals surface area contributed by atoms with Crippen molar-refractivity contribution in [2.75, 3.05) is 13.2 Å². The molecule has 1 aromatic heterocycles. The Balaban J connectivity index is 1.46. The van der Waals surface area contributed by atoms with Gasteiger partial charge in [-0.15, -0.1) is 0 Å². The van der Waals surface area contributed by atoms with E-state index in [4.69, 9.17) is 20.9 Å². The molecule has 0 bridgehead atoms. The van der Waals surface area contributed by atoms with Crippen LogP contribution in [0.4, 0.5) is 0 Å². The van der Waals surface area contributed by atoms with Crippen molar-refractivity contribution in [2.24, 2.45) is 0 Å². The summed E-state index contributed by atoms with van der Waals surface area (Å²) in [5.41, 5.74) is 0.801. The Morgan fingerprint density at radius 3 is 3.13 bits per heavy atom. The van der Waals surface area contributed by atoms with E-state index in [9.17, 15) is 4.79 Å². The molecule has 1 saturated heterocycles. The van der Waals surface area contributed by atoms with E-state index in [1.54, 1.807) is 12.1 Å². The van der Waals surface area contributed by atoms with E-state index in [1.165, 1.54) is 0 Å². The number of rotatable bonds is 6. The molecule has 0 radical (unpaired) electrons. The molecule has 1 aliphatic rings. The average molecular weight is 336 g/mol. The van der Waals surface area contributed by atoms with Crippen molar-refractivity contribution < 1.29 is 14.1 Å². The van der Waals surface area contributed by atoms with Gasteiger partial charge in [0, 0.05) is 30.2 Å². The number of amides is 1. The van der Waals surface area contributed by atoms with Gasteiger partial charge in [0.05, 0.1) is 12.5 Å². The van der Waals surface area contributed by atoms with E-state index in [0.29, 0.717) is 36.1 Å². The van der Waals surface area contributed by atoms with E-state index in [-0.39, 0.29) is 12.0 Å². The van der Waals surface area contributed by atoms with Crippen LogP contribution < -0.4 is 5.32 Å². The van der Waals surface area contributed by atoms with E-state index in [0.717, 1.165) is 25.0 Å². The van der Waals surface area contributed by atoms with Crippen molar-refractivity contribution in [1.29, 1.82) is 0 Å². The second kappa shape index (κ2) is 7.57. The van der Waals surface area contributed by atoms with E-state index >= 15 is 0 Å². The molecule has 2 aromatic rings. The predicted octanol–water partition coefficient (Wildman–Crippen LogP) is 2.62. The fraction of sp³-hybridized carbons (Fsp3) is 0.438. The second-order valence-electron chi connectivity index (χ2n) is 5.46. The van der Waals surface area contributed by atoms with Gasteiger partial charge in [0.2, 0.25) is 17.6 Å². The Hall–Kier alpha value is -1.92. The molecule has 1 atom stereocenters. The lowest BCUT2D eigenvalue weighted by Gasteiger charge is -2.08. The van der Waals surface area contributed by atoms with Crippen molar-refractivity contribution in [3.8, 4) is 11.4 Å². The number of hydrogen-bond donors (Lipinski definition) is 1. The number of carbonyl (C=O) groups excluding carboxylic acids is 1. The topological polar surface area (TPSA) is 77.2 Å². The first-order chi connectivity index (χ1) is 11.2. The van der Waals surface area contributed by atoms with E-state index in [1.807, 2.05) is 12.1 Å². The van der Waals surface area contributed by atoms with Gasteiger partial charge in [-0.25, -0.2) is 0 Å². The Labute approximate surface area is 139 Å². The fourth-order valence-corrected chi connectivity index (χ4v) is 2.68. The lowest BCUT2D eigenvalue weighted by molar-refractivity contribution is -0.123. The van der Waals surface area contributed by atoms with Gasteiger partial charge in [-0.3, -0.25) is 4.79 Å². The highest BCUT2D eigenvalue weighted by atomic mass is 35.5. The minimum atomic E-state index is -0.00789. The van der Waals surface area contributed by atoms with Crippen molar-refractivity contribution in [3.05, 3.63) is 35.2 Å². The van der Waals surface area contributed by atoms with Crippen molar-refractivity contribution in [1.82, 2.24) is 15.5 Å². The highest BCUT2D eigenvalue weighted by molar-refractivity contribution is 6.30. The van der Waals surface area contributed by atoms with Gasteiger partial charge in [-0.05, 0) is 25.0 Å². The molecule has 122 valence electrons. The summed E-state index contributed by atoms with van der Waals surface area (Å²) in [4.78, 5) is 16.1. The number of aromatic nitrogens is 2. The standard InChI is InChI=1S/C16H18ClN3O3/c17-12-4-1-3-11(9-12)16-19-15(23-20-16)6-7-18-14(21)10-13-5-2-8-22-13/h1,3-4,9,13H,2,5-8,10H2,(H,18,21)/t13-/m1/s1. The highest BCUT2D eigenvalue weighted by Gasteiger charge is 2.18. The Morgan fingerprint density at radius 2 is 2.35 bits per heavy atom. The monoisotopic (exact) mass is 335 g/mol. The van der Waals surface area contributed by atoms with Crippen LogP contribution in [0, 0.1) is 0 Å². The molecule has 1 aliphatic heterocycles. The first kappa shape index (κ1) is 16.0. The van der Waals surface area contributed by atoms with E-state index in [2.05, 4.69) is 15.5 Å². The van der Waals surface area contributed by atoms with Crippen LogP contribution in [0.15, 0.2) is 28.8 Å². The lowest BCUT2D eigenvalue weighted by atomic mass is 10.2. The summed E-state index contributed by atoms with van der Waals surface area (Å²) < 4.78 is 10.6. The van der Waals surface area contributed by atoms with Gasteiger partial charge in [-0.2, -0.15) is 4.98 Å². The molecule has 2 heterocycles. The lowest BCUT2D eigenvalue weighted by Crippen LogP contribution is -2.29. The predicted molar refractivity (Wildman–Crippen MR) is 85.0 cm³/mol. The highest BCUT2D eigenvalue weighted by Crippen LogP contribution is 2.20. The number of ether oxygens (including phenoxy) is 1. The summed E-state index contributed by atoms with van der Waals surface area (Å²) in [6, 6.07) is 7.26. The summed E-state index contributed by atoms with van der Waals surface area (Å²) >= 11 is 5.95. The summed E-state index contributed by atoms with van der Waals surface area (Å²) in [6.45, 7) is 1.22. The number of nitrogens with one attached hydrogen (secondary N) is 1. The molecule has 6 nitrogen and oxygen atoms in total. The SMILES string of the molecule is O=C(C[C@H]1CCCO1)NCCc1nc(-c2cccc(Cl)c2)no1. The first-order valence-electron chi connectivity index (χ1n) is 7.67. The van der Waals surface area contributed by atoms with Crippen LogP contribution in [0.5, 0.6) is 0 Å². The van der Waals surface area contributed by atoms with Crippen LogP contribution in [0.2, 0.25) is 5.02 Å². The van der Waals surface area contributed by atoms with Gasteiger partial charge in [0.1, 0.15) is 0 Å². The van der Waals surface area contributed by atoms with Gasteiger partial charge in [-0.1, -0.05) is 28.9 Å². The summed E-state index contributed by atoms with van der Waals surface area (Å²) in [7, 11) is 0. The van der Waals surface area contributed by atoms with Crippen molar-refractivity contribution in [2.45, 2.75) is 31.8 Å². The molecule has 1 amide bonds. The maximum Gasteiger partial charge on any atom is 0.228 e. The molecular weight excluding hydrogens is 318 g/mol. The first-order valence-corrected chi connectivity index (χ1v) is 8.05. The van der Waals surface area contributed by atoms with Crippen molar-refractivity contribution in [3.63, 3.8) is 0 Å². The molecule has 0 unspecified atom stereocenters. The van der Waals surface area contributed by atoms with Gasteiger partial charge < -0.3 is 14.6 Å². The number of halogens is 1. The third-order valence-corrected chi connectivity index (χ3v) is 3.88. The minimum Gasteiger partial charge on any atom is -0.378 e. The third kappa shape index (κ3) is 4.53. The third-order valence-electron chi connectivity index (χ3n) is 3.65. The smallest absolute Gasteiger partial charge is 0.228 e. The van der Waals surface area contributed by atoms with Crippen LogP contribution >= 0.6 is 11.6 Å². The van der Waals surface area contributed by atoms with Crippen LogP contribution in [0.1, 0.15) is 25.2 Å². The van der Waals surface area contributed by atoms with Gasteiger partial charge in [0.15, 0.2) is 0 Å². The van der Waals surface area contributed by atoms with E-state index < -0.39 is 0 Å². The van der Waals surface area contributed by atoms with Crippen LogP contribution in [0.25, 0.3) is 11.4 Å². The Kier molecular flexibility index (Phi) is 5.25. The summed E-state index contributed by atoms with van der Waals surface area (Å²) in [5, 5.41) is 7.40. The second-order valence-corrected chi connectivity index (χ2v) is 5.90. The zero-order chi connectivity index (χ0) is 16.1. The van der Waals surface area contributed by atoms with Crippen LogP contribution in [-0.2, 0) is 16.0 Å². The zero-order valence-electron chi connectivity index (χ0n) is 12.6. The largest absolute Gasteiger partial charge is 0.378 e. The van der Waals surface area contributed by atoms with Gasteiger partial charge in [0.25, 0.3) is 0 Å². The Bertz CT molecular complexity index is 668. The molecule has 1 fully saturated rings. The molecule has 1 N–H and O–H groups in total. The molecule has 0 aliphatic carbocycles. The number of hydrogen-bond acceptors (Lipinski definition) is 5. The average Bonchev–Trinajstić information content (AvgIpc) is 3.19. The summed E-state index contributed by atoms with van der Waals surface area (Å²) in [6.07, 6.45) is 2.96. The number of nitrogens with zero attached hydrogens (tertiary/aromatic N) is 2. The molecule has 0 spiro atoms. The minimum absolute atomic E-state index is 0.00789. The van der Waals surface area contributed by atoms with Crippen molar-refractivity contribution >= 4 is 17.5 Å². The Morgan fingerprint density at radius 1 is 1.43 bits per heavy atom. The maximum atomic E-state index is 11.8. The zero-order valence-corrected chi connectivity index (χ0v) is 13.4. The molecule has 23 heavy (non-hydrogen) atoms. The van der Waals surface area contributed by atoms with Gasteiger partial charge >= 0.3 is 0 Å². The van der Waals surface area contributed by atoms with Crippen LogP contribution in [0.3, 0.4) is 0 Å². The quantitative estimate of drug-likeness (QED) is 0.878. The fourth-order valence-electron chi connectivity index (χ4n) is 2.49. The molecule has 7 heteroatoms. The van der Waals surface area contributed by atoms with Crippen LogP contribution in [-0.4, -0.2) is 35.3 Å².